The summed E-state index contributed by atoms with van der Waals surface area (Å²) in [6, 6.07) is 14.6. The Labute approximate surface area is 156 Å². The molecule has 0 amide bonds. The van der Waals surface area contributed by atoms with E-state index >= 15 is 0 Å². The summed E-state index contributed by atoms with van der Waals surface area (Å²) in [5.74, 6) is 0.939. The van der Waals surface area contributed by atoms with Crippen LogP contribution in [0.3, 0.4) is 0 Å². The van der Waals surface area contributed by atoms with E-state index in [1.54, 1.807) is 12.4 Å². The summed E-state index contributed by atoms with van der Waals surface area (Å²) in [4.78, 5) is 12.5. The van der Waals surface area contributed by atoms with Crippen molar-refractivity contribution in [1.29, 1.82) is 0 Å². The van der Waals surface area contributed by atoms with Crippen molar-refractivity contribution in [3.05, 3.63) is 78.4 Å². The SMILES string of the molecule is Cc1cccc(C)c1Nc1c(-c2c[nH]c3ccccc23)nc2cnccn12. The second-order valence-corrected chi connectivity index (χ2v) is 6.75. The Morgan fingerprint density at radius 3 is 2.67 bits per heavy atom. The van der Waals surface area contributed by atoms with Crippen molar-refractivity contribution in [2.45, 2.75) is 13.8 Å². The van der Waals surface area contributed by atoms with Crippen LogP contribution in [0.2, 0.25) is 0 Å². The van der Waals surface area contributed by atoms with Gasteiger partial charge in [0.05, 0.1) is 6.20 Å². The zero-order valence-electron chi connectivity index (χ0n) is 15.2. The number of imidazole rings is 1. The van der Waals surface area contributed by atoms with Crippen LogP contribution in [-0.4, -0.2) is 19.4 Å². The van der Waals surface area contributed by atoms with E-state index in [1.165, 1.54) is 11.1 Å². The quantitative estimate of drug-likeness (QED) is 0.466. The fraction of sp³-hybridized carbons (Fsp3) is 0.0909. The first kappa shape index (κ1) is 15.6. The van der Waals surface area contributed by atoms with Crippen LogP contribution < -0.4 is 5.32 Å². The molecule has 0 saturated carbocycles. The zero-order chi connectivity index (χ0) is 18.4. The van der Waals surface area contributed by atoms with Crippen molar-refractivity contribution < 1.29 is 0 Å². The molecule has 3 aromatic heterocycles. The number of rotatable bonds is 3. The fourth-order valence-electron chi connectivity index (χ4n) is 3.61. The number of aromatic amines is 1. The van der Waals surface area contributed by atoms with Crippen molar-refractivity contribution >= 4 is 28.1 Å². The van der Waals surface area contributed by atoms with E-state index in [1.807, 2.05) is 18.5 Å². The molecule has 0 aliphatic heterocycles. The van der Waals surface area contributed by atoms with Crippen LogP contribution in [0.25, 0.3) is 27.8 Å². The summed E-state index contributed by atoms with van der Waals surface area (Å²) in [7, 11) is 0. The number of para-hydroxylation sites is 2. The highest BCUT2D eigenvalue weighted by molar-refractivity contribution is 5.98. The number of anilines is 2. The van der Waals surface area contributed by atoms with Crippen molar-refractivity contribution in [3.63, 3.8) is 0 Å². The van der Waals surface area contributed by atoms with Gasteiger partial charge < -0.3 is 10.3 Å². The molecular weight excluding hydrogens is 334 g/mol. The predicted molar refractivity (Wildman–Crippen MR) is 109 cm³/mol. The van der Waals surface area contributed by atoms with Crippen LogP contribution in [0.5, 0.6) is 0 Å². The standard InChI is InChI=1S/C22H19N5/c1-14-6-5-7-15(2)20(14)26-22-21(25-19-13-23-10-11-27(19)22)17-12-24-18-9-4-3-8-16(17)18/h3-13,24,26H,1-2H3. The Balaban J connectivity index is 1.77. The van der Waals surface area contributed by atoms with E-state index in [0.29, 0.717) is 0 Å². The molecule has 5 heteroatoms. The maximum Gasteiger partial charge on any atom is 0.157 e. The molecule has 0 bridgehead atoms. The molecule has 0 aliphatic rings. The molecule has 0 atom stereocenters. The van der Waals surface area contributed by atoms with Crippen molar-refractivity contribution in [1.82, 2.24) is 19.4 Å². The van der Waals surface area contributed by atoms with Crippen molar-refractivity contribution in [2.75, 3.05) is 5.32 Å². The molecule has 0 saturated heterocycles. The van der Waals surface area contributed by atoms with Gasteiger partial charge in [-0.05, 0) is 31.0 Å². The first-order valence-electron chi connectivity index (χ1n) is 8.94. The Morgan fingerprint density at radius 2 is 1.81 bits per heavy atom. The average Bonchev–Trinajstić information content (AvgIpc) is 3.26. The molecule has 0 fully saturated rings. The van der Waals surface area contributed by atoms with Crippen LogP contribution in [-0.2, 0) is 0 Å². The molecule has 27 heavy (non-hydrogen) atoms. The Kier molecular flexibility index (Phi) is 3.47. The lowest BCUT2D eigenvalue weighted by molar-refractivity contribution is 1.12. The van der Waals surface area contributed by atoms with Crippen LogP contribution in [0, 0.1) is 13.8 Å². The lowest BCUT2D eigenvalue weighted by Gasteiger charge is -2.13. The summed E-state index contributed by atoms with van der Waals surface area (Å²) >= 11 is 0. The highest BCUT2D eigenvalue weighted by Gasteiger charge is 2.18. The molecule has 3 heterocycles. The van der Waals surface area contributed by atoms with Gasteiger partial charge in [-0.1, -0.05) is 36.4 Å². The third-order valence-electron chi connectivity index (χ3n) is 5.00. The summed E-state index contributed by atoms with van der Waals surface area (Å²) < 4.78 is 2.05. The van der Waals surface area contributed by atoms with E-state index in [4.69, 9.17) is 4.98 Å². The second-order valence-electron chi connectivity index (χ2n) is 6.75. The number of nitrogens with one attached hydrogen (secondary N) is 2. The number of fused-ring (bicyclic) bond motifs is 2. The largest absolute Gasteiger partial charge is 0.360 e. The molecule has 0 spiro atoms. The predicted octanol–water partition coefficient (Wildman–Crippen LogP) is 5.24. The molecule has 2 aromatic carbocycles. The highest BCUT2D eigenvalue weighted by atomic mass is 15.1. The molecule has 2 N–H and O–H groups in total. The van der Waals surface area contributed by atoms with Crippen LogP contribution in [0.1, 0.15) is 11.1 Å². The minimum absolute atomic E-state index is 0.812. The van der Waals surface area contributed by atoms with E-state index in [0.717, 1.165) is 39.3 Å². The van der Waals surface area contributed by atoms with Gasteiger partial charge in [0.2, 0.25) is 0 Å². The third kappa shape index (κ3) is 2.47. The number of benzene rings is 2. The number of aryl methyl sites for hydroxylation is 2. The fourth-order valence-corrected chi connectivity index (χ4v) is 3.61. The third-order valence-corrected chi connectivity index (χ3v) is 5.00. The smallest absolute Gasteiger partial charge is 0.157 e. The Morgan fingerprint density at radius 1 is 1.00 bits per heavy atom. The van der Waals surface area contributed by atoms with E-state index in [2.05, 4.69) is 69.9 Å². The van der Waals surface area contributed by atoms with Gasteiger partial charge in [0.1, 0.15) is 11.5 Å². The summed E-state index contributed by atoms with van der Waals surface area (Å²) in [5, 5.41) is 4.80. The number of nitrogens with zero attached hydrogens (tertiary/aromatic N) is 3. The minimum atomic E-state index is 0.812. The van der Waals surface area contributed by atoms with Gasteiger partial charge in [-0.15, -0.1) is 0 Å². The van der Waals surface area contributed by atoms with Gasteiger partial charge in [-0.25, -0.2) is 4.98 Å². The van der Waals surface area contributed by atoms with E-state index in [-0.39, 0.29) is 0 Å². The average molecular weight is 353 g/mol. The molecule has 0 radical (unpaired) electrons. The first-order valence-corrected chi connectivity index (χ1v) is 8.94. The highest BCUT2D eigenvalue weighted by Crippen LogP contribution is 2.36. The van der Waals surface area contributed by atoms with Crippen molar-refractivity contribution in [2.24, 2.45) is 0 Å². The molecule has 5 rings (SSSR count). The van der Waals surface area contributed by atoms with Gasteiger partial charge in [0.15, 0.2) is 5.65 Å². The summed E-state index contributed by atoms with van der Waals surface area (Å²) in [6.07, 6.45) is 7.53. The van der Waals surface area contributed by atoms with Crippen molar-refractivity contribution in [3.8, 4) is 11.3 Å². The maximum absolute atomic E-state index is 4.88. The minimum Gasteiger partial charge on any atom is -0.360 e. The summed E-state index contributed by atoms with van der Waals surface area (Å²) in [5.41, 5.74) is 7.39. The van der Waals surface area contributed by atoms with Gasteiger partial charge >= 0.3 is 0 Å². The summed E-state index contributed by atoms with van der Waals surface area (Å²) in [6.45, 7) is 4.23. The molecule has 5 nitrogen and oxygen atoms in total. The van der Waals surface area contributed by atoms with Gasteiger partial charge in [0, 0.05) is 40.7 Å². The molecular formula is C22H19N5. The zero-order valence-corrected chi connectivity index (χ0v) is 15.2. The number of hydrogen-bond donors (Lipinski definition) is 2. The molecule has 5 aromatic rings. The van der Waals surface area contributed by atoms with E-state index in [9.17, 15) is 0 Å². The van der Waals surface area contributed by atoms with Gasteiger partial charge in [-0.3, -0.25) is 9.38 Å². The van der Waals surface area contributed by atoms with Gasteiger partial charge in [-0.2, -0.15) is 0 Å². The number of H-pyrrole nitrogens is 1. The van der Waals surface area contributed by atoms with Crippen LogP contribution in [0.15, 0.2) is 67.3 Å². The lowest BCUT2D eigenvalue weighted by Crippen LogP contribution is -2.00. The normalized spacial score (nSPS) is 11.3. The number of hydrogen-bond acceptors (Lipinski definition) is 3. The Bertz CT molecular complexity index is 1260. The second kappa shape index (κ2) is 5.99. The molecule has 132 valence electrons. The monoisotopic (exact) mass is 353 g/mol. The first-order chi connectivity index (χ1) is 13.2. The maximum atomic E-state index is 4.88. The molecule has 0 aliphatic carbocycles. The van der Waals surface area contributed by atoms with Crippen LogP contribution in [0.4, 0.5) is 11.5 Å². The number of aromatic nitrogens is 4. The van der Waals surface area contributed by atoms with Gasteiger partial charge in [0.25, 0.3) is 0 Å². The van der Waals surface area contributed by atoms with Crippen LogP contribution >= 0.6 is 0 Å². The topological polar surface area (TPSA) is 58.0 Å². The Hall–Kier alpha value is -3.60. The lowest BCUT2D eigenvalue weighted by atomic mass is 10.1. The molecule has 0 unspecified atom stereocenters. The van der Waals surface area contributed by atoms with E-state index < -0.39 is 0 Å².